The number of benzene rings is 1. The predicted molar refractivity (Wildman–Crippen MR) is 107 cm³/mol. The minimum absolute atomic E-state index is 0.0228. The van der Waals surface area contributed by atoms with Gasteiger partial charge in [0.25, 0.3) is 0 Å². The molecule has 0 amide bonds. The fourth-order valence-electron chi connectivity index (χ4n) is 3.91. The van der Waals surface area contributed by atoms with Crippen molar-refractivity contribution in [1.29, 1.82) is 0 Å². The molecule has 0 heterocycles. The van der Waals surface area contributed by atoms with E-state index in [2.05, 4.69) is 6.92 Å². The molecular weight excluding hydrogens is 332 g/mol. The lowest BCUT2D eigenvalue weighted by Gasteiger charge is -2.06. The summed E-state index contributed by atoms with van der Waals surface area (Å²) in [6, 6.07) is 3.32. The molecule has 0 aliphatic heterocycles. The van der Waals surface area contributed by atoms with Crippen LogP contribution >= 0.6 is 11.6 Å². The molecule has 0 spiro atoms. The lowest BCUT2D eigenvalue weighted by atomic mass is 10.0. The number of phenols is 2. The second-order valence-electron chi connectivity index (χ2n) is 7.86. The Labute approximate surface area is 158 Å². The maximum Gasteiger partial charge on any atom is 0.138 e. The van der Waals surface area contributed by atoms with E-state index in [0.29, 0.717) is 0 Å². The Hall–Kier alpha value is -0.890. The van der Waals surface area contributed by atoms with Crippen LogP contribution < -0.4 is 0 Å². The van der Waals surface area contributed by atoms with E-state index >= 15 is 0 Å². The summed E-state index contributed by atoms with van der Waals surface area (Å²) in [5.74, 6) is 2.06. The summed E-state index contributed by atoms with van der Waals surface area (Å²) in [5.41, 5.74) is 0.961. The third kappa shape index (κ3) is 7.48. The van der Waals surface area contributed by atoms with E-state index in [1.807, 2.05) is 0 Å². The summed E-state index contributed by atoms with van der Waals surface area (Å²) < 4.78 is 0. The first kappa shape index (κ1) is 20.4. The molecule has 2 nitrogen and oxygen atoms in total. The molecule has 142 valence electrons. The van der Waals surface area contributed by atoms with E-state index in [4.69, 9.17) is 11.6 Å². The van der Waals surface area contributed by atoms with Crippen molar-refractivity contribution in [3.05, 3.63) is 22.7 Å². The van der Waals surface area contributed by atoms with Gasteiger partial charge in [0.2, 0.25) is 0 Å². The number of aromatic hydroxyl groups is 2. The zero-order chi connectivity index (χ0) is 18.1. The molecule has 2 rings (SSSR count). The standard InChI is InChI=1S/C22H35ClO2/c1-2-3-4-9-12-18-16-19(18)13-10-7-5-6-8-11-17-14-20(24)22(23)21(25)15-17/h14-15,18-19,24-25H,2-13,16H2,1H3. The fourth-order valence-corrected chi connectivity index (χ4v) is 4.02. The molecule has 0 saturated heterocycles. The van der Waals surface area contributed by atoms with Gasteiger partial charge in [-0.05, 0) is 48.8 Å². The molecule has 1 aliphatic carbocycles. The molecule has 2 unspecified atom stereocenters. The Morgan fingerprint density at radius 1 is 0.840 bits per heavy atom. The highest BCUT2D eigenvalue weighted by atomic mass is 35.5. The zero-order valence-corrected chi connectivity index (χ0v) is 16.5. The smallest absolute Gasteiger partial charge is 0.138 e. The molecule has 1 aromatic rings. The molecule has 25 heavy (non-hydrogen) atoms. The van der Waals surface area contributed by atoms with Crippen LogP contribution in [0.3, 0.4) is 0 Å². The van der Waals surface area contributed by atoms with Gasteiger partial charge in [0.1, 0.15) is 16.5 Å². The average molecular weight is 367 g/mol. The van der Waals surface area contributed by atoms with Gasteiger partial charge < -0.3 is 10.2 Å². The van der Waals surface area contributed by atoms with Crippen LogP contribution in [0.4, 0.5) is 0 Å². The Kier molecular flexibility index (Phi) is 8.95. The summed E-state index contributed by atoms with van der Waals surface area (Å²) in [6.07, 6.45) is 17.3. The minimum Gasteiger partial charge on any atom is -0.506 e. The number of aryl methyl sites for hydroxylation is 1. The zero-order valence-electron chi connectivity index (χ0n) is 15.8. The third-order valence-corrected chi connectivity index (χ3v) is 6.02. The average Bonchev–Trinajstić information content (AvgIpc) is 3.34. The molecule has 1 aromatic carbocycles. The molecule has 1 fully saturated rings. The van der Waals surface area contributed by atoms with E-state index in [9.17, 15) is 10.2 Å². The molecule has 3 heteroatoms. The first-order valence-electron chi connectivity index (χ1n) is 10.3. The van der Waals surface area contributed by atoms with Gasteiger partial charge >= 0.3 is 0 Å². The summed E-state index contributed by atoms with van der Waals surface area (Å²) in [5, 5.41) is 19.3. The number of phenolic OH excluding ortho intramolecular Hbond substituents is 2. The van der Waals surface area contributed by atoms with Crippen molar-refractivity contribution < 1.29 is 10.2 Å². The summed E-state index contributed by atoms with van der Waals surface area (Å²) in [6.45, 7) is 2.28. The summed E-state index contributed by atoms with van der Waals surface area (Å²) in [7, 11) is 0. The third-order valence-electron chi connectivity index (χ3n) is 5.63. The van der Waals surface area contributed by atoms with Gasteiger partial charge in [-0.25, -0.2) is 0 Å². The van der Waals surface area contributed by atoms with Crippen LogP contribution in [0.25, 0.3) is 0 Å². The Balaban J connectivity index is 1.44. The molecule has 2 N–H and O–H groups in total. The van der Waals surface area contributed by atoms with Crippen molar-refractivity contribution in [2.45, 2.75) is 90.4 Å². The van der Waals surface area contributed by atoms with Crippen LogP contribution in [-0.4, -0.2) is 10.2 Å². The van der Waals surface area contributed by atoms with E-state index in [1.165, 1.54) is 70.6 Å². The number of halogens is 1. The number of rotatable bonds is 13. The minimum atomic E-state index is -0.0228. The Morgan fingerprint density at radius 3 is 1.96 bits per heavy atom. The second kappa shape index (κ2) is 11.0. The summed E-state index contributed by atoms with van der Waals surface area (Å²) >= 11 is 5.75. The summed E-state index contributed by atoms with van der Waals surface area (Å²) in [4.78, 5) is 0. The second-order valence-corrected chi connectivity index (χ2v) is 8.24. The Bertz CT molecular complexity index is 492. The highest BCUT2D eigenvalue weighted by Gasteiger charge is 2.34. The van der Waals surface area contributed by atoms with Gasteiger partial charge in [-0.3, -0.25) is 0 Å². The van der Waals surface area contributed by atoms with Crippen molar-refractivity contribution in [2.75, 3.05) is 0 Å². The number of unbranched alkanes of at least 4 members (excludes halogenated alkanes) is 7. The Morgan fingerprint density at radius 2 is 1.36 bits per heavy atom. The van der Waals surface area contributed by atoms with Crippen LogP contribution in [0.2, 0.25) is 5.02 Å². The monoisotopic (exact) mass is 366 g/mol. The highest BCUT2D eigenvalue weighted by Crippen LogP contribution is 2.45. The van der Waals surface area contributed by atoms with E-state index in [1.54, 1.807) is 12.1 Å². The molecular formula is C22H35ClO2. The first-order valence-corrected chi connectivity index (χ1v) is 10.7. The molecule has 1 saturated carbocycles. The number of hydrogen-bond acceptors (Lipinski definition) is 2. The van der Waals surface area contributed by atoms with Crippen LogP contribution in [0.5, 0.6) is 11.5 Å². The van der Waals surface area contributed by atoms with Crippen LogP contribution in [0, 0.1) is 11.8 Å². The van der Waals surface area contributed by atoms with Crippen molar-refractivity contribution in [3.63, 3.8) is 0 Å². The van der Waals surface area contributed by atoms with Crippen LogP contribution in [-0.2, 0) is 6.42 Å². The van der Waals surface area contributed by atoms with Crippen molar-refractivity contribution in [1.82, 2.24) is 0 Å². The van der Waals surface area contributed by atoms with Gasteiger partial charge in [0, 0.05) is 0 Å². The normalized spacial score (nSPS) is 19.3. The molecule has 0 aromatic heterocycles. The van der Waals surface area contributed by atoms with Crippen LogP contribution in [0.15, 0.2) is 12.1 Å². The van der Waals surface area contributed by atoms with E-state index in [-0.39, 0.29) is 16.5 Å². The van der Waals surface area contributed by atoms with Crippen molar-refractivity contribution in [3.8, 4) is 11.5 Å². The quantitative estimate of drug-likeness (QED) is 0.361. The number of hydrogen-bond donors (Lipinski definition) is 2. The maximum absolute atomic E-state index is 9.62. The van der Waals surface area contributed by atoms with E-state index < -0.39 is 0 Å². The van der Waals surface area contributed by atoms with Gasteiger partial charge in [-0.2, -0.15) is 0 Å². The molecule has 0 bridgehead atoms. The van der Waals surface area contributed by atoms with Crippen LogP contribution in [0.1, 0.15) is 89.5 Å². The molecule has 1 aliphatic rings. The SMILES string of the molecule is CCCCCCC1CC1CCCCCCCc1cc(O)c(Cl)c(O)c1. The van der Waals surface area contributed by atoms with Gasteiger partial charge in [-0.15, -0.1) is 0 Å². The lowest BCUT2D eigenvalue weighted by Crippen LogP contribution is -1.88. The predicted octanol–water partition coefficient (Wildman–Crippen LogP) is 7.24. The van der Waals surface area contributed by atoms with Crippen molar-refractivity contribution >= 4 is 11.6 Å². The van der Waals surface area contributed by atoms with E-state index in [0.717, 1.165) is 30.2 Å². The first-order chi connectivity index (χ1) is 12.1. The molecule has 2 atom stereocenters. The van der Waals surface area contributed by atoms with Crippen molar-refractivity contribution in [2.24, 2.45) is 11.8 Å². The van der Waals surface area contributed by atoms with Gasteiger partial charge in [-0.1, -0.05) is 82.7 Å². The highest BCUT2D eigenvalue weighted by molar-refractivity contribution is 6.33. The fraction of sp³-hybridized carbons (Fsp3) is 0.727. The van der Waals surface area contributed by atoms with Gasteiger partial charge in [0.05, 0.1) is 0 Å². The largest absolute Gasteiger partial charge is 0.506 e. The topological polar surface area (TPSA) is 40.5 Å². The molecule has 0 radical (unpaired) electrons. The lowest BCUT2D eigenvalue weighted by molar-refractivity contribution is 0.449. The van der Waals surface area contributed by atoms with Gasteiger partial charge in [0.15, 0.2) is 0 Å². The maximum atomic E-state index is 9.62.